The molecular formula is C52H54Cl2S2Ti. The van der Waals surface area contributed by atoms with Gasteiger partial charge in [-0.1, -0.05) is 176 Å². The van der Waals surface area contributed by atoms with Crippen molar-refractivity contribution in [2.45, 2.75) is 91.9 Å². The largest absolute Gasteiger partial charge is 4.00 e. The Kier molecular flexibility index (Phi) is 16.1. The number of hydrogen-bond acceptors (Lipinski definition) is 2. The van der Waals surface area contributed by atoms with Crippen LogP contribution in [0.15, 0.2) is 133 Å². The molecule has 2 heterocycles. The summed E-state index contributed by atoms with van der Waals surface area (Å²) in [5.41, 5.74) is 11.1. The van der Waals surface area contributed by atoms with Crippen LogP contribution >= 0.6 is 22.7 Å². The summed E-state index contributed by atoms with van der Waals surface area (Å²) >= 11 is 3.86. The first-order valence-electron chi connectivity index (χ1n) is 19.7. The quantitative estimate of drug-likeness (QED) is 0.105. The third-order valence-corrected chi connectivity index (χ3v) is 12.9. The van der Waals surface area contributed by atoms with Gasteiger partial charge in [0.25, 0.3) is 0 Å². The standard InChI is InChI=1S/2C26H27S.2ClH.Ti/c2*1-5-7-22-14-15-25(27-22)20-16-19-8-6-9-23(24(19)17-20)18-10-12-21(13-11-18)26(2,3)4;;;/h2*6,8-17H,5,7H2,1-4H3;2*1H;/q2*-1;;;+4/p-2. The zero-order valence-electron chi connectivity index (χ0n) is 34.6. The van der Waals surface area contributed by atoms with Crippen molar-refractivity contribution in [2.24, 2.45) is 0 Å². The molecule has 6 aromatic carbocycles. The van der Waals surface area contributed by atoms with Gasteiger partial charge in [-0.2, -0.15) is 22.7 Å². The Morgan fingerprint density at radius 3 is 1.18 bits per heavy atom. The molecule has 0 aliphatic carbocycles. The molecule has 292 valence electrons. The molecule has 0 radical (unpaired) electrons. The average molecular weight is 862 g/mol. The van der Waals surface area contributed by atoms with Crippen LogP contribution in [0.4, 0.5) is 0 Å². The molecular weight excluding hydrogens is 807 g/mol. The van der Waals surface area contributed by atoms with Crippen molar-refractivity contribution in [3.8, 4) is 43.1 Å². The summed E-state index contributed by atoms with van der Waals surface area (Å²) in [6, 6.07) is 50.0. The van der Waals surface area contributed by atoms with Gasteiger partial charge in [-0.05, 0) is 65.4 Å². The summed E-state index contributed by atoms with van der Waals surface area (Å²) < 4.78 is 0. The molecule has 8 aromatic rings. The van der Waals surface area contributed by atoms with Crippen molar-refractivity contribution in [1.29, 1.82) is 0 Å². The number of benzene rings is 4. The van der Waals surface area contributed by atoms with Crippen LogP contribution in [0, 0.1) is 0 Å². The Balaban J connectivity index is 0.000000240. The van der Waals surface area contributed by atoms with Gasteiger partial charge in [0.2, 0.25) is 0 Å². The number of thiophene rings is 2. The van der Waals surface area contributed by atoms with Crippen LogP contribution in [0.3, 0.4) is 0 Å². The molecule has 5 heteroatoms. The molecule has 0 aliphatic rings. The van der Waals surface area contributed by atoms with Crippen LogP contribution in [0.5, 0.6) is 0 Å². The Labute approximate surface area is 377 Å². The number of aryl methyl sites for hydroxylation is 2. The second-order valence-corrected chi connectivity index (χ2v) is 19.1. The van der Waals surface area contributed by atoms with E-state index in [0.29, 0.717) is 0 Å². The second-order valence-electron chi connectivity index (χ2n) is 16.8. The summed E-state index contributed by atoms with van der Waals surface area (Å²) in [6.07, 6.45) is 4.77. The predicted octanol–water partition coefficient (Wildman–Crippen LogP) is 10.4. The topological polar surface area (TPSA) is 0 Å². The molecule has 0 aliphatic heterocycles. The third-order valence-electron chi connectivity index (χ3n) is 10.5. The molecule has 0 N–H and O–H groups in total. The number of rotatable bonds is 8. The van der Waals surface area contributed by atoms with E-state index in [0.717, 1.165) is 0 Å². The fraction of sp³-hybridized carbons (Fsp3) is 0.269. The van der Waals surface area contributed by atoms with Gasteiger partial charge in [-0.25, -0.2) is 0 Å². The first kappa shape index (κ1) is 46.5. The third kappa shape index (κ3) is 10.7. The van der Waals surface area contributed by atoms with E-state index in [2.05, 4.69) is 189 Å². The Bertz CT molecular complexity index is 2300. The normalized spacial score (nSPS) is 11.4. The van der Waals surface area contributed by atoms with Crippen molar-refractivity contribution >= 4 is 44.2 Å². The minimum Gasteiger partial charge on any atom is -1.00 e. The van der Waals surface area contributed by atoms with E-state index in [1.807, 2.05) is 22.7 Å². The van der Waals surface area contributed by atoms with Gasteiger partial charge in [0.1, 0.15) is 0 Å². The van der Waals surface area contributed by atoms with E-state index >= 15 is 0 Å². The molecule has 0 amide bonds. The molecule has 8 rings (SSSR count). The molecule has 0 spiro atoms. The van der Waals surface area contributed by atoms with E-state index < -0.39 is 0 Å². The van der Waals surface area contributed by atoms with Gasteiger partial charge in [-0.3, -0.25) is 0 Å². The predicted molar refractivity (Wildman–Crippen MR) is 242 cm³/mol. The molecule has 0 bridgehead atoms. The minimum atomic E-state index is 0. The maximum atomic E-state index is 2.36. The Morgan fingerprint density at radius 1 is 0.474 bits per heavy atom. The molecule has 0 saturated carbocycles. The molecule has 2 aromatic heterocycles. The van der Waals surface area contributed by atoms with E-state index in [-0.39, 0.29) is 57.4 Å². The summed E-state index contributed by atoms with van der Waals surface area (Å²) in [7, 11) is 0. The van der Waals surface area contributed by atoms with Gasteiger partial charge < -0.3 is 24.8 Å². The van der Waals surface area contributed by atoms with Crippen molar-refractivity contribution in [3.63, 3.8) is 0 Å². The molecule has 0 atom stereocenters. The maximum absolute atomic E-state index is 2.36. The molecule has 0 saturated heterocycles. The SMILES string of the molecule is CCCc1ccc(-c2cc3c(-c4ccc(C(C)(C)C)cc4)cccc3[cH-]2)s1.CCCc1ccc(-c2cc3c(-c4ccc(C(C)(C)C)cc4)cccc3[cH-]2)s1.[Cl-].[Cl-].[Ti+4]. The summed E-state index contributed by atoms with van der Waals surface area (Å²) in [4.78, 5) is 5.72. The monoisotopic (exact) mass is 860 g/mol. The number of fused-ring (bicyclic) bond motifs is 2. The Morgan fingerprint density at radius 2 is 0.842 bits per heavy atom. The number of hydrogen-bond donors (Lipinski definition) is 0. The average Bonchev–Trinajstić information content (AvgIpc) is 3.97. The Hall–Kier alpha value is -3.21. The van der Waals surface area contributed by atoms with E-state index in [1.54, 1.807) is 0 Å². The molecule has 0 unspecified atom stereocenters. The van der Waals surface area contributed by atoms with Crippen LogP contribution in [-0.2, 0) is 45.4 Å². The number of halogens is 2. The first-order chi connectivity index (χ1) is 25.9. The van der Waals surface area contributed by atoms with Crippen LogP contribution < -0.4 is 24.8 Å². The van der Waals surface area contributed by atoms with Gasteiger partial charge >= 0.3 is 21.7 Å². The second kappa shape index (κ2) is 19.7. The summed E-state index contributed by atoms with van der Waals surface area (Å²) in [6.45, 7) is 18.1. The van der Waals surface area contributed by atoms with Gasteiger partial charge in [0, 0.05) is 0 Å². The molecule has 0 nitrogen and oxygen atoms in total. The van der Waals surface area contributed by atoms with Crippen LogP contribution in [0.25, 0.3) is 64.7 Å². The van der Waals surface area contributed by atoms with E-state index in [4.69, 9.17) is 0 Å². The summed E-state index contributed by atoms with van der Waals surface area (Å²) in [5, 5.41) is 5.35. The van der Waals surface area contributed by atoms with Crippen LogP contribution in [0.2, 0.25) is 0 Å². The molecule has 57 heavy (non-hydrogen) atoms. The minimum absolute atomic E-state index is 0. The zero-order valence-corrected chi connectivity index (χ0v) is 39.3. The summed E-state index contributed by atoms with van der Waals surface area (Å²) in [5.74, 6) is 0. The van der Waals surface area contributed by atoms with Crippen LogP contribution in [0.1, 0.15) is 89.1 Å². The van der Waals surface area contributed by atoms with E-state index in [9.17, 15) is 0 Å². The van der Waals surface area contributed by atoms with Crippen molar-refractivity contribution in [1.82, 2.24) is 0 Å². The van der Waals surface area contributed by atoms with Crippen LogP contribution in [-0.4, -0.2) is 0 Å². The van der Waals surface area contributed by atoms with Crippen molar-refractivity contribution < 1.29 is 46.5 Å². The fourth-order valence-electron chi connectivity index (χ4n) is 7.38. The van der Waals surface area contributed by atoms with E-state index in [1.165, 1.54) is 111 Å². The van der Waals surface area contributed by atoms with Gasteiger partial charge in [0.05, 0.1) is 0 Å². The van der Waals surface area contributed by atoms with Crippen molar-refractivity contribution in [2.75, 3.05) is 0 Å². The maximum Gasteiger partial charge on any atom is 4.00 e. The van der Waals surface area contributed by atoms with Gasteiger partial charge in [0.15, 0.2) is 0 Å². The van der Waals surface area contributed by atoms with Gasteiger partial charge in [-0.15, -0.1) is 69.1 Å². The smallest absolute Gasteiger partial charge is 1.00 e. The molecule has 0 fully saturated rings. The first-order valence-corrected chi connectivity index (χ1v) is 21.3. The fourth-order valence-corrected chi connectivity index (χ4v) is 9.58. The zero-order chi connectivity index (χ0) is 38.0. The van der Waals surface area contributed by atoms with Crippen molar-refractivity contribution in [3.05, 3.63) is 154 Å².